The summed E-state index contributed by atoms with van der Waals surface area (Å²) in [6.07, 6.45) is 2.01. The van der Waals surface area contributed by atoms with E-state index in [2.05, 4.69) is 5.32 Å². The summed E-state index contributed by atoms with van der Waals surface area (Å²) >= 11 is 0. The Labute approximate surface area is 136 Å². The van der Waals surface area contributed by atoms with Crippen molar-refractivity contribution < 1.29 is 13.2 Å². The van der Waals surface area contributed by atoms with Crippen LogP contribution in [0.1, 0.15) is 19.3 Å². The van der Waals surface area contributed by atoms with Crippen molar-refractivity contribution in [1.82, 2.24) is 5.32 Å². The van der Waals surface area contributed by atoms with Crippen molar-refractivity contribution in [3.05, 3.63) is 54.6 Å². The Balaban J connectivity index is 1.66. The molecule has 0 saturated heterocycles. The largest absolute Gasteiger partial charge is 0.353 e. The van der Waals surface area contributed by atoms with E-state index in [0.717, 1.165) is 24.0 Å². The van der Waals surface area contributed by atoms with Crippen LogP contribution >= 0.6 is 0 Å². The molecule has 2 aromatic rings. The van der Waals surface area contributed by atoms with Gasteiger partial charge in [-0.15, -0.1) is 0 Å². The summed E-state index contributed by atoms with van der Waals surface area (Å²) in [5.41, 5.74) is 2.01. The first-order chi connectivity index (χ1) is 11.0. The number of benzene rings is 2. The van der Waals surface area contributed by atoms with Gasteiger partial charge in [0.2, 0.25) is 5.91 Å². The highest BCUT2D eigenvalue weighted by atomic mass is 32.2. The maximum Gasteiger partial charge on any atom is 0.221 e. The Morgan fingerprint density at radius 2 is 1.57 bits per heavy atom. The number of nitrogens with one attached hydrogen (secondary N) is 1. The number of carbonyl (C=O) groups excluding carboxylic acids is 1. The van der Waals surface area contributed by atoms with Gasteiger partial charge in [0.05, 0.1) is 10.6 Å². The molecule has 1 saturated carbocycles. The van der Waals surface area contributed by atoms with Gasteiger partial charge in [0.15, 0.2) is 9.84 Å². The van der Waals surface area contributed by atoms with Crippen LogP contribution in [-0.4, -0.2) is 26.1 Å². The number of hydrogen-bond donors (Lipinski definition) is 1. The second-order valence-electron chi connectivity index (χ2n) is 5.80. The van der Waals surface area contributed by atoms with Gasteiger partial charge >= 0.3 is 0 Å². The molecule has 1 aliphatic rings. The highest BCUT2D eigenvalue weighted by Gasteiger charge is 2.24. The zero-order valence-electron chi connectivity index (χ0n) is 12.7. The SMILES string of the molecule is O=C(CCS(=O)(=O)c1ccc(-c2ccccc2)cc1)NC1CC1. The van der Waals surface area contributed by atoms with Gasteiger partial charge in [-0.1, -0.05) is 42.5 Å². The highest BCUT2D eigenvalue weighted by molar-refractivity contribution is 7.91. The van der Waals surface area contributed by atoms with Crippen LogP contribution < -0.4 is 5.32 Å². The van der Waals surface area contributed by atoms with Crippen molar-refractivity contribution >= 4 is 15.7 Å². The molecule has 0 radical (unpaired) electrons. The highest BCUT2D eigenvalue weighted by Crippen LogP contribution is 2.22. The second kappa shape index (κ2) is 6.54. The lowest BCUT2D eigenvalue weighted by Gasteiger charge is -2.07. The van der Waals surface area contributed by atoms with E-state index in [1.165, 1.54) is 0 Å². The third-order valence-corrected chi connectivity index (χ3v) is 5.59. The molecule has 5 heteroatoms. The van der Waals surface area contributed by atoms with Crippen molar-refractivity contribution in [2.24, 2.45) is 0 Å². The summed E-state index contributed by atoms with van der Waals surface area (Å²) in [6.45, 7) is 0. The molecular weight excluding hydrogens is 310 g/mol. The molecule has 0 unspecified atom stereocenters. The fraction of sp³-hybridized carbons (Fsp3) is 0.278. The van der Waals surface area contributed by atoms with Crippen molar-refractivity contribution in [1.29, 1.82) is 0 Å². The Morgan fingerprint density at radius 1 is 0.957 bits per heavy atom. The molecule has 1 N–H and O–H groups in total. The minimum absolute atomic E-state index is 0.0132. The fourth-order valence-electron chi connectivity index (χ4n) is 2.36. The second-order valence-corrected chi connectivity index (χ2v) is 7.91. The lowest BCUT2D eigenvalue weighted by atomic mass is 10.1. The van der Waals surface area contributed by atoms with E-state index < -0.39 is 9.84 Å². The number of carbonyl (C=O) groups is 1. The molecule has 2 aromatic carbocycles. The maximum atomic E-state index is 12.3. The summed E-state index contributed by atoms with van der Waals surface area (Å²) in [5.74, 6) is -0.340. The Bertz CT molecular complexity index is 779. The molecule has 23 heavy (non-hydrogen) atoms. The summed E-state index contributed by atoms with van der Waals surface area (Å²) in [7, 11) is -3.43. The molecule has 120 valence electrons. The van der Waals surface area contributed by atoms with Gasteiger partial charge < -0.3 is 5.32 Å². The van der Waals surface area contributed by atoms with Gasteiger partial charge in [0.1, 0.15) is 0 Å². The van der Waals surface area contributed by atoms with Gasteiger partial charge in [0.25, 0.3) is 0 Å². The predicted octanol–water partition coefficient (Wildman–Crippen LogP) is 2.80. The number of hydrogen-bond acceptors (Lipinski definition) is 3. The summed E-state index contributed by atoms with van der Waals surface area (Å²) in [6, 6.07) is 16.9. The Hall–Kier alpha value is -2.14. The molecule has 4 nitrogen and oxygen atoms in total. The molecule has 1 aliphatic carbocycles. The smallest absolute Gasteiger partial charge is 0.221 e. The Morgan fingerprint density at radius 3 is 2.17 bits per heavy atom. The zero-order chi connectivity index (χ0) is 16.3. The van der Waals surface area contributed by atoms with Gasteiger partial charge in [0, 0.05) is 12.5 Å². The monoisotopic (exact) mass is 329 g/mol. The van der Waals surface area contributed by atoms with Crippen molar-refractivity contribution in [2.45, 2.75) is 30.2 Å². The van der Waals surface area contributed by atoms with Crippen LogP contribution in [0.15, 0.2) is 59.5 Å². The number of amides is 1. The van der Waals surface area contributed by atoms with E-state index in [1.807, 2.05) is 30.3 Å². The topological polar surface area (TPSA) is 63.2 Å². The van der Waals surface area contributed by atoms with Crippen LogP contribution in [0.5, 0.6) is 0 Å². The maximum absolute atomic E-state index is 12.3. The summed E-state index contributed by atoms with van der Waals surface area (Å²) < 4.78 is 24.6. The molecule has 0 spiro atoms. The molecule has 0 atom stereocenters. The third kappa shape index (κ3) is 4.20. The van der Waals surface area contributed by atoms with Crippen molar-refractivity contribution in [3.8, 4) is 11.1 Å². The normalized spacial score (nSPS) is 14.4. The van der Waals surface area contributed by atoms with Gasteiger partial charge in [-0.3, -0.25) is 4.79 Å². The number of rotatable bonds is 6. The van der Waals surface area contributed by atoms with Crippen LogP contribution in [0, 0.1) is 0 Å². The van der Waals surface area contributed by atoms with Crippen molar-refractivity contribution in [2.75, 3.05) is 5.75 Å². The quantitative estimate of drug-likeness (QED) is 0.886. The summed E-state index contributed by atoms with van der Waals surface area (Å²) in [5, 5.41) is 2.81. The van der Waals surface area contributed by atoms with Gasteiger partial charge in [-0.25, -0.2) is 8.42 Å². The molecule has 0 aliphatic heterocycles. The minimum atomic E-state index is -3.43. The van der Waals surface area contributed by atoms with Crippen molar-refractivity contribution in [3.63, 3.8) is 0 Å². The molecule has 0 aromatic heterocycles. The number of sulfone groups is 1. The standard InChI is InChI=1S/C18H19NO3S/c20-18(19-16-8-9-16)12-13-23(21,22)17-10-6-15(7-11-17)14-4-2-1-3-5-14/h1-7,10-11,16H,8-9,12-13H2,(H,19,20). The average Bonchev–Trinajstić information content (AvgIpc) is 3.38. The van der Waals surface area contributed by atoms with E-state index in [-0.39, 0.29) is 29.0 Å². The van der Waals surface area contributed by atoms with E-state index >= 15 is 0 Å². The molecule has 0 bridgehead atoms. The lowest BCUT2D eigenvalue weighted by molar-refractivity contribution is -0.120. The van der Waals surface area contributed by atoms with E-state index in [0.29, 0.717) is 0 Å². The predicted molar refractivity (Wildman–Crippen MR) is 89.7 cm³/mol. The lowest BCUT2D eigenvalue weighted by Crippen LogP contribution is -2.27. The first-order valence-corrected chi connectivity index (χ1v) is 9.37. The zero-order valence-corrected chi connectivity index (χ0v) is 13.6. The molecule has 0 heterocycles. The van der Waals surface area contributed by atoms with Crippen LogP contribution in [-0.2, 0) is 14.6 Å². The molecule has 1 fully saturated rings. The van der Waals surface area contributed by atoms with Gasteiger partial charge in [-0.2, -0.15) is 0 Å². The first-order valence-electron chi connectivity index (χ1n) is 7.72. The van der Waals surface area contributed by atoms with Gasteiger partial charge in [-0.05, 0) is 36.1 Å². The van der Waals surface area contributed by atoms with E-state index in [9.17, 15) is 13.2 Å². The fourth-order valence-corrected chi connectivity index (χ4v) is 3.60. The van der Waals surface area contributed by atoms with E-state index in [4.69, 9.17) is 0 Å². The Kier molecular flexibility index (Phi) is 4.48. The molecular formula is C18H19NO3S. The molecule has 3 rings (SSSR count). The van der Waals surface area contributed by atoms with Crippen LogP contribution in [0.2, 0.25) is 0 Å². The first kappa shape index (κ1) is 15.7. The van der Waals surface area contributed by atoms with Crippen LogP contribution in [0.4, 0.5) is 0 Å². The van der Waals surface area contributed by atoms with E-state index in [1.54, 1.807) is 24.3 Å². The third-order valence-electron chi connectivity index (χ3n) is 3.86. The minimum Gasteiger partial charge on any atom is -0.353 e. The summed E-state index contributed by atoms with van der Waals surface area (Å²) in [4.78, 5) is 11.9. The molecule has 1 amide bonds. The average molecular weight is 329 g/mol. The van der Waals surface area contributed by atoms with Crippen LogP contribution in [0.3, 0.4) is 0 Å². The van der Waals surface area contributed by atoms with Crippen LogP contribution in [0.25, 0.3) is 11.1 Å².